The van der Waals surface area contributed by atoms with Crippen molar-refractivity contribution in [2.24, 2.45) is 10.8 Å². The maximum atomic E-state index is 14.4. The quantitative estimate of drug-likeness (QED) is 0.198. The topological polar surface area (TPSA) is 91.3 Å². The van der Waals surface area contributed by atoms with Crippen molar-refractivity contribution >= 4 is 22.6 Å². The second kappa shape index (κ2) is 15.1. The molecule has 2 aliphatic heterocycles. The Bertz CT molecular complexity index is 1770. The van der Waals surface area contributed by atoms with Crippen LogP contribution < -0.4 is 14.8 Å². The fourth-order valence-corrected chi connectivity index (χ4v) is 7.78. The van der Waals surface area contributed by atoms with Crippen molar-refractivity contribution in [3.05, 3.63) is 59.7 Å². The van der Waals surface area contributed by atoms with Crippen LogP contribution in [-0.2, 0) is 22.6 Å². The van der Waals surface area contributed by atoms with Crippen LogP contribution in [0.3, 0.4) is 0 Å². The standard InChI is InChI=1S/C38H45F6N3O5/c1-35(2)14-7-17-47(22-35)21-25-12-13-30(51-3)31(32(25)52-4)28-11-6-9-26-24(8-5-10-27(26)28)20-29(33(48)49)45-34(50)36(38(42,43)44)15-18-46(19-16-36)23-37(39,40)41/h5-6,8-13,29H,7,14-23H2,1-4H3,(H,45,50)(H,48,49)/t29-/m0/s1. The van der Waals surface area contributed by atoms with Gasteiger partial charge in [0.25, 0.3) is 0 Å². The number of nitrogens with zero attached hydrogens (tertiary/aromatic N) is 2. The lowest BCUT2D eigenvalue weighted by molar-refractivity contribution is -0.236. The summed E-state index contributed by atoms with van der Waals surface area (Å²) in [7, 11) is 3.14. The minimum atomic E-state index is -5.12. The average Bonchev–Trinajstić information content (AvgIpc) is 3.06. The zero-order chi connectivity index (χ0) is 38.1. The summed E-state index contributed by atoms with van der Waals surface area (Å²) in [6.45, 7) is 4.39. The molecule has 3 aromatic carbocycles. The van der Waals surface area contributed by atoms with E-state index in [1.165, 1.54) is 0 Å². The number of carbonyl (C=O) groups is 2. The molecule has 2 heterocycles. The molecule has 0 bridgehead atoms. The monoisotopic (exact) mass is 737 g/mol. The van der Waals surface area contributed by atoms with Gasteiger partial charge in [-0.25, -0.2) is 4.79 Å². The second-order valence-electron chi connectivity index (χ2n) is 14.7. The molecule has 0 aliphatic carbocycles. The van der Waals surface area contributed by atoms with Gasteiger partial charge >= 0.3 is 18.3 Å². The summed E-state index contributed by atoms with van der Waals surface area (Å²) >= 11 is 0. The first-order valence-corrected chi connectivity index (χ1v) is 17.2. The molecule has 5 rings (SSSR count). The van der Waals surface area contributed by atoms with Crippen molar-refractivity contribution in [3.8, 4) is 22.6 Å². The molecule has 8 nitrogen and oxygen atoms in total. The highest BCUT2D eigenvalue weighted by atomic mass is 19.4. The van der Waals surface area contributed by atoms with Crippen LogP contribution in [0, 0.1) is 10.8 Å². The van der Waals surface area contributed by atoms with Crippen LogP contribution >= 0.6 is 0 Å². The molecule has 0 saturated carbocycles. The van der Waals surface area contributed by atoms with Gasteiger partial charge in [0.1, 0.15) is 23.0 Å². The van der Waals surface area contributed by atoms with Crippen LogP contribution in [0.5, 0.6) is 11.5 Å². The number of carboxylic acids is 1. The van der Waals surface area contributed by atoms with Crippen molar-refractivity contribution < 1.29 is 50.5 Å². The molecule has 1 amide bonds. The van der Waals surface area contributed by atoms with Crippen LogP contribution in [0.1, 0.15) is 50.7 Å². The maximum absolute atomic E-state index is 14.4. The zero-order valence-electron chi connectivity index (χ0n) is 29.7. The smallest absolute Gasteiger partial charge is 0.403 e. The first kappa shape index (κ1) is 39.2. The van der Waals surface area contributed by atoms with E-state index < -0.39 is 68.2 Å². The Hall–Kier alpha value is -4.04. The lowest BCUT2D eigenvalue weighted by atomic mass is 9.76. The van der Waals surface area contributed by atoms with E-state index in [4.69, 9.17) is 9.47 Å². The first-order valence-electron chi connectivity index (χ1n) is 17.2. The number of methoxy groups -OCH3 is 2. The number of ether oxygens (including phenoxy) is 2. The van der Waals surface area contributed by atoms with Crippen molar-refractivity contribution in [2.75, 3.05) is 46.9 Å². The number of piperidine rings is 2. The largest absolute Gasteiger partial charge is 0.496 e. The highest BCUT2D eigenvalue weighted by Gasteiger charge is 2.61. The number of benzene rings is 3. The number of aliphatic carboxylic acids is 1. The molecule has 2 saturated heterocycles. The first-order chi connectivity index (χ1) is 24.4. The van der Waals surface area contributed by atoms with Crippen LogP contribution in [0.25, 0.3) is 21.9 Å². The average molecular weight is 738 g/mol. The fourth-order valence-electron chi connectivity index (χ4n) is 7.78. The number of carbonyl (C=O) groups excluding carboxylic acids is 1. The maximum Gasteiger partial charge on any atom is 0.403 e. The molecule has 0 unspecified atom stereocenters. The number of hydrogen-bond acceptors (Lipinski definition) is 6. The summed E-state index contributed by atoms with van der Waals surface area (Å²) in [5.41, 5.74) is -0.0169. The van der Waals surface area contributed by atoms with Crippen molar-refractivity contribution in [2.45, 2.75) is 70.9 Å². The van der Waals surface area contributed by atoms with Crippen molar-refractivity contribution in [1.29, 1.82) is 0 Å². The van der Waals surface area contributed by atoms with E-state index in [2.05, 4.69) is 24.1 Å². The molecule has 0 spiro atoms. The van der Waals surface area contributed by atoms with Gasteiger partial charge in [-0.3, -0.25) is 14.6 Å². The fraction of sp³-hybridized carbons (Fsp3) is 0.526. The lowest BCUT2D eigenvalue weighted by Crippen LogP contribution is -2.59. The second-order valence-corrected chi connectivity index (χ2v) is 14.7. The van der Waals surface area contributed by atoms with Gasteiger partial charge in [0.2, 0.25) is 5.91 Å². The predicted octanol–water partition coefficient (Wildman–Crippen LogP) is 7.46. The Labute approximate surface area is 299 Å². The number of fused-ring (bicyclic) bond motifs is 1. The molecule has 0 aromatic heterocycles. The number of rotatable bonds is 11. The number of carboxylic acid groups (broad SMARTS) is 1. The highest BCUT2D eigenvalue weighted by Crippen LogP contribution is 2.48. The Kier molecular flexibility index (Phi) is 11.4. The van der Waals surface area contributed by atoms with E-state index in [-0.39, 0.29) is 11.8 Å². The van der Waals surface area contributed by atoms with Crippen LogP contribution in [0.2, 0.25) is 0 Å². The molecular weight excluding hydrogens is 692 g/mol. The third-order valence-electron chi connectivity index (χ3n) is 10.4. The Morgan fingerprint density at radius 2 is 1.54 bits per heavy atom. The van der Waals surface area contributed by atoms with Gasteiger partial charge in [-0.1, -0.05) is 56.3 Å². The molecule has 14 heteroatoms. The van der Waals surface area contributed by atoms with Gasteiger partial charge in [-0.2, -0.15) is 26.3 Å². The molecular formula is C38H45F6N3O5. The third kappa shape index (κ3) is 8.43. The van der Waals surface area contributed by atoms with Crippen LogP contribution in [-0.4, -0.2) is 92.1 Å². The Balaban J connectivity index is 1.46. The highest BCUT2D eigenvalue weighted by molar-refractivity contribution is 6.01. The van der Waals surface area contributed by atoms with Gasteiger partial charge in [0.05, 0.1) is 26.3 Å². The minimum Gasteiger partial charge on any atom is -0.496 e. The lowest BCUT2D eigenvalue weighted by Gasteiger charge is -2.42. The number of hydrogen-bond donors (Lipinski definition) is 2. The summed E-state index contributed by atoms with van der Waals surface area (Å²) < 4.78 is 93.9. The van der Waals surface area contributed by atoms with E-state index >= 15 is 0 Å². The number of likely N-dealkylation sites (tertiary alicyclic amines) is 2. The normalized spacial score (nSPS) is 18.9. The summed E-state index contributed by atoms with van der Waals surface area (Å²) in [6.07, 6.45) is -9.71. The number of nitrogens with one attached hydrogen (secondary N) is 1. The van der Waals surface area contributed by atoms with E-state index in [1.54, 1.807) is 38.5 Å². The molecule has 2 N–H and O–H groups in total. The van der Waals surface area contributed by atoms with Gasteiger partial charge in [-0.05, 0) is 78.7 Å². The van der Waals surface area contributed by atoms with Gasteiger partial charge < -0.3 is 19.9 Å². The van der Waals surface area contributed by atoms with E-state index in [9.17, 15) is 41.0 Å². The number of halogens is 6. The molecule has 2 aliphatic rings. The molecule has 2 fully saturated rings. The van der Waals surface area contributed by atoms with Crippen molar-refractivity contribution in [3.63, 3.8) is 0 Å². The van der Waals surface area contributed by atoms with Crippen LogP contribution in [0.4, 0.5) is 26.3 Å². The third-order valence-corrected chi connectivity index (χ3v) is 10.4. The number of amides is 1. The van der Waals surface area contributed by atoms with Crippen molar-refractivity contribution in [1.82, 2.24) is 15.1 Å². The summed E-state index contributed by atoms with van der Waals surface area (Å²) in [4.78, 5) is 29.0. The van der Waals surface area contributed by atoms with E-state index in [0.717, 1.165) is 42.0 Å². The summed E-state index contributed by atoms with van der Waals surface area (Å²) in [5.74, 6) is -1.95. The SMILES string of the molecule is COc1ccc(CN2CCCC(C)(C)C2)c(OC)c1-c1cccc2c(C[C@H](NC(=O)C3(C(F)(F)F)CCN(CC(F)(F)F)CC3)C(=O)O)cccc12. The van der Waals surface area contributed by atoms with E-state index in [1.807, 2.05) is 24.3 Å². The molecule has 3 aromatic rings. The summed E-state index contributed by atoms with van der Waals surface area (Å²) in [5, 5.41) is 13.5. The molecule has 284 valence electrons. The van der Waals surface area contributed by atoms with Gasteiger partial charge in [0, 0.05) is 25.1 Å². The zero-order valence-corrected chi connectivity index (χ0v) is 29.7. The summed E-state index contributed by atoms with van der Waals surface area (Å²) in [6, 6.07) is 12.7. The Morgan fingerprint density at radius 3 is 2.13 bits per heavy atom. The van der Waals surface area contributed by atoms with Crippen LogP contribution in [0.15, 0.2) is 48.5 Å². The van der Waals surface area contributed by atoms with Gasteiger partial charge in [0.15, 0.2) is 0 Å². The minimum absolute atomic E-state index is 0.182. The predicted molar refractivity (Wildman–Crippen MR) is 184 cm³/mol. The van der Waals surface area contributed by atoms with E-state index in [0.29, 0.717) is 39.9 Å². The molecule has 0 radical (unpaired) electrons. The molecule has 1 atom stereocenters. The Morgan fingerprint density at radius 1 is 0.865 bits per heavy atom. The molecule has 52 heavy (non-hydrogen) atoms. The van der Waals surface area contributed by atoms with Gasteiger partial charge in [-0.15, -0.1) is 0 Å². The number of alkyl halides is 6.